The lowest BCUT2D eigenvalue weighted by atomic mass is 10.1. The Hall–Kier alpha value is -2.28. The van der Waals surface area contributed by atoms with Gasteiger partial charge < -0.3 is 5.32 Å². The van der Waals surface area contributed by atoms with Crippen LogP contribution in [0.4, 0.5) is 19.0 Å². The quantitative estimate of drug-likeness (QED) is 0.739. The van der Waals surface area contributed by atoms with Gasteiger partial charge in [-0.2, -0.15) is 22.8 Å². The van der Waals surface area contributed by atoms with Crippen LogP contribution in [0, 0.1) is 0 Å². The van der Waals surface area contributed by atoms with Gasteiger partial charge in [0.2, 0.25) is 0 Å². The minimum atomic E-state index is -4.33. The summed E-state index contributed by atoms with van der Waals surface area (Å²) in [7, 11) is 0. The summed E-state index contributed by atoms with van der Waals surface area (Å²) in [6, 6.07) is 8.28. The number of rotatable bonds is 3. The fraction of sp³-hybridized carbons (Fsp3) is 0.143. The van der Waals surface area contributed by atoms with Crippen molar-refractivity contribution in [1.29, 1.82) is 0 Å². The Morgan fingerprint density at radius 3 is 2.55 bits per heavy atom. The van der Waals surface area contributed by atoms with E-state index in [0.29, 0.717) is 28.7 Å². The lowest BCUT2D eigenvalue weighted by Crippen LogP contribution is -2.07. The zero-order valence-corrected chi connectivity index (χ0v) is 11.9. The van der Waals surface area contributed by atoms with Crippen LogP contribution in [0.25, 0.3) is 5.65 Å². The van der Waals surface area contributed by atoms with E-state index in [2.05, 4.69) is 15.4 Å². The maximum absolute atomic E-state index is 12.5. The Bertz CT molecular complexity index is 796. The Morgan fingerprint density at radius 2 is 1.86 bits per heavy atom. The fourth-order valence-corrected chi connectivity index (χ4v) is 2.20. The average molecular weight is 327 g/mol. The normalized spacial score (nSPS) is 11.8. The van der Waals surface area contributed by atoms with E-state index in [1.165, 1.54) is 12.1 Å². The highest BCUT2D eigenvalue weighted by Gasteiger charge is 2.29. The third kappa shape index (κ3) is 2.99. The van der Waals surface area contributed by atoms with Gasteiger partial charge in [0.15, 0.2) is 5.65 Å². The van der Waals surface area contributed by atoms with Crippen molar-refractivity contribution in [2.75, 3.05) is 5.32 Å². The molecule has 0 aliphatic carbocycles. The van der Waals surface area contributed by atoms with Crippen LogP contribution < -0.4 is 5.32 Å². The highest BCUT2D eigenvalue weighted by atomic mass is 35.5. The lowest BCUT2D eigenvalue weighted by molar-refractivity contribution is -0.137. The molecular formula is C14H10ClF3N4. The fourth-order valence-electron chi connectivity index (χ4n) is 2.01. The summed E-state index contributed by atoms with van der Waals surface area (Å²) in [5, 5.41) is 7.49. The first-order chi connectivity index (χ1) is 10.4. The van der Waals surface area contributed by atoms with Crippen molar-refractivity contribution in [3.05, 3.63) is 58.9 Å². The smallest absolute Gasteiger partial charge is 0.366 e. The van der Waals surface area contributed by atoms with Crippen LogP contribution in [0.5, 0.6) is 0 Å². The monoisotopic (exact) mass is 326 g/mol. The zero-order valence-electron chi connectivity index (χ0n) is 11.1. The second-order valence-corrected chi connectivity index (χ2v) is 5.00. The molecule has 2 heterocycles. The highest BCUT2D eigenvalue weighted by molar-refractivity contribution is 6.29. The van der Waals surface area contributed by atoms with E-state index in [4.69, 9.17) is 11.6 Å². The van der Waals surface area contributed by atoms with Crippen LogP contribution in [-0.4, -0.2) is 14.6 Å². The summed E-state index contributed by atoms with van der Waals surface area (Å²) in [5.41, 5.74) is 0.626. The van der Waals surface area contributed by atoms with E-state index in [1.807, 2.05) is 0 Å². The minimum Gasteiger partial charge on any atom is -0.366 e. The van der Waals surface area contributed by atoms with Gasteiger partial charge in [-0.15, -0.1) is 0 Å². The lowest BCUT2D eigenvalue weighted by Gasteiger charge is -2.10. The van der Waals surface area contributed by atoms with E-state index in [0.717, 1.165) is 12.1 Å². The third-order valence-corrected chi connectivity index (χ3v) is 3.28. The number of halogens is 4. The zero-order chi connectivity index (χ0) is 15.7. The molecular weight excluding hydrogens is 317 g/mol. The van der Waals surface area contributed by atoms with E-state index >= 15 is 0 Å². The van der Waals surface area contributed by atoms with Gasteiger partial charge in [-0.25, -0.2) is 4.98 Å². The summed E-state index contributed by atoms with van der Waals surface area (Å²) in [5.74, 6) is 0.611. The Morgan fingerprint density at radius 1 is 1.14 bits per heavy atom. The van der Waals surface area contributed by atoms with E-state index < -0.39 is 11.7 Å². The first-order valence-corrected chi connectivity index (χ1v) is 6.71. The van der Waals surface area contributed by atoms with Gasteiger partial charge in [0.1, 0.15) is 11.0 Å². The Labute approximate surface area is 128 Å². The summed E-state index contributed by atoms with van der Waals surface area (Å²) in [6.07, 6.45) is -2.74. The minimum absolute atomic E-state index is 0.308. The molecule has 4 nitrogen and oxygen atoms in total. The molecule has 0 spiro atoms. The molecule has 2 aromatic heterocycles. The number of alkyl halides is 3. The van der Waals surface area contributed by atoms with Crippen LogP contribution in [0.3, 0.4) is 0 Å². The molecule has 0 atom stereocenters. The maximum Gasteiger partial charge on any atom is 0.416 e. The van der Waals surface area contributed by atoms with Crippen molar-refractivity contribution >= 4 is 23.1 Å². The molecule has 0 bridgehead atoms. The number of nitrogens with one attached hydrogen (secondary N) is 1. The van der Waals surface area contributed by atoms with Gasteiger partial charge in [-0.3, -0.25) is 0 Å². The molecule has 3 aromatic rings. The van der Waals surface area contributed by atoms with Gasteiger partial charge in [-0.1, -0.05) is 23.7 Å². The van der Waals surface area contributed by atoms with Crippen molar-refractivity contribution in [3.63, 3.8) is 0 Å². The van der Waals surface area contributed by atoms with Crippen molar-refractivity contribution in [3.8, 4) is 0 Å². The highest BCUT2D eigenvalue weighted by Crippen LogP contribution is 2.29. The summed E-state index contributed by atoms with van der Waals surface area (Å²) >= 11 is 5.92. The number of hydrogen-bond donors (Lipinski definition) is 1. The molecule has 22 heavy (non-hydrogen) atoms. The van der Waals surface area contributed by atoms with Crippen molar-refractivity contribution in [2.45, 2.75) is 12.7 Å². The first kappa shape index (κ1) is 14.6. The molecule has 1 aromatic carbocycles. The van der Waals surface area contributed by atoms with Crippen LogP contribution in [0.1, 0.15) is 11.1 Å². The van der Waals surface area contributed by atoms with Crippen molar-refractivity contribution in [2.24, 2.45) is 0 Å². The predicted octanol–water partition coefficient (Wildman–Crippen LogP) is 4.01. The number of fused-ring (bicyclic) bond motifs is 1. The molecule has 3 rings (SSSR count). The number of nitrogens with zero attached hydrogens (tertiary/aromatic N) is 3. The molecule has 0 saturated carbocycles. The topological polar surface area (TPSA) is 42.2 Å². The molecule has 8 heteroatoms. The number of aromatic nitrogens is 3. The van der Waals surface area contributed by atoms with Gasteiger partial charge >= 0.3 is 6.18 Å². The van der Waals surface area contributed by atoms with Gasteiger partial charge in [0.05, 0.1) is 11.8 Å². The Balaban J connectivity index is 1.78. The number of benzene rings is 1. The van der Waals surface area contributed by atoms with Crippen LogP contribution in [0.15, 0.2) is 42.6 Å². The van der Waals surface area contributed by atoms with E-state index in [1.54, 1.807) is 22.8 Å². The van der Waals surface area contributed by atoms with E-state index in [-0.39, 0.29) is 0 Å². The van der Waals surface area contributed by atoms with Crippen molar-refractivity contribution < 1.29 is 13.2 Å². The van der Waals surface area contributed by atoms with Gasteiger partial charge in [-0.05, 0) is 17.7 Å². The van der Waals surface area contributed by atoms with Gasteiger partial charge in [0.25, 0.3) is 0 Å². The standard InChI is InChI=1S/C14H10ClF3N4/c15-11-7-13(22-12(21-11)5-6-20-22)19-8-9-1-3-10(4-2-9)14(16,17)18/h1-7,19H,8H2. The molecule has 0 aliphatic rings. The molecule has 0 radical (unpaired) electrons. The second kappa shape index (κ2) is 5.49. The number of anilines is 1. The second-order valence-electron chi connectivity index (χ2n) is 4.61. The molecule has 0 amide bonds. The van der Waals surface area contributed by atoms with Crippen molar-refractivity contribution in [1.82, 2.24) is 14.6 Å². The molecule has 1 N–H and O–H groups in total. The predicted molar refractivity (Wildman–Crippen MR) is 76.8 cm³/mol. The molecule has 0 saturated heterocycles. The third-order valence-electron chi connectivity index (χ3n) is 3.08. The first-order valence-electron chi connectivity index (χ1n) is 6.34. The largest absolute Gasteiger partial charge is 0.416 e. The summed E-state index contributed by atoms with van der Waals surface area (Å²) in [4.78, 5) is 4.09. The SMILES string of the molecule is FC(F)(F)c1ccc(CNc2cc(Cl)nc3ccnn23)cc1. The van der Waals surface area contributed by atoms with Crippen LogP contribution in [0.2, 0.25) is 5.15 Å². The Kier molecular flexibility index (Phi) is 3.66. The van der Waals surface area contributed by atoms with Gasteiger partial charge in [0, 0.05) is 18.7 Å². The molecule has 0 unspecified atom stereocenters. The summed E-state index contributed by atoms with van der Waals surface area (Å²) in [6.45, 7) is 0.341. The molecule has 114 valence electrons. The maximum atomic E-state index is 12.5. The van der Waals surface area contributed by atoms with E-state index in [9.17, 15) is 13.2 Å². The number of hydrogen-bond acceptors (Lipinski definition) is 3. The molecule has 0 aliphatic heterocycles. The van der Waals surface area contributed by atoms with Crippen LogP contribution in [-0.2, 0) is 12.7 Å². The average Bonchev–Trinajstić information content (AvgIpc) is 2.92. The molecule has 0 fully saturated rings. The van der Waals surface area contributed by atoms with Crippen LogP contribution >= 0.6 is 11.6 Å². The summed E-state index contributed by atoms with van der Waals surface area (Å²) < 4.78 is 39.1.